The third-order valence-corrected chi connectivity index (χ3v) is 5.18. The number of anilines is 2. The van der Waals surface area contributed by atoms with Crippen molar-refractivity contribution in [2.45, 2.75) is 26.8 Å². The van der Waals surface area contributed by atoms with Gasteiger partial charge in [0.1, 0.15) is 5.82 Å². The predicted molar refractivity (Wildman–Crippen MR) is 108 cm³/mol. The Morgan fingerprint density at radius 3 is 2.63 bits per heavy atom. The Hall–Kier alpha value is -2.73. The summed E-state index contributed by atoms with van der Waals surface area (Å²) in [5.41, 5.74) is 3.41. The minimum absolute atomic E-state index is 0.131. The second kappa shape index (κ2) is 7.48. The van der Waals surface area contributed by atoms with Crippen molar-refractivity contribution in [2.75, 3.05) is 36.5 Å². The molecule has 0 amide bonds. The van der Waals surface area contributed by atoms with Crippen molar-refractivity contribution in [3.05, 3.63) is 53.3 Å². The number of hydrogen-bond acceptors (Lipinski definition) is 6. The Kier molecular flexibility index (Phi) is 4.90. The molecule has 27 heavy (non-hydrogen) atoms. The number of nitrogens with zero attached hydrogens (tertiary/aromatic N) is 4. The summed E-state index contributed by atoms with van der Waals surface area (Å²) in [7, 11) is 0. The van der Waals surface area contributed by atoms with Gasteiger partial charge in [0.15, 0.2) is 5.82 Å². The number of aromatic nitrogens is 3. The maximum absolute atomic E-state index is 5.46. The molecule has 1 aromatic carbocycles. The Morgan fingerprint density at radius 2 is 1.85 bits per heavy atom. The molecule has 1 aliphatic rings. The molecule has 1 fully saturated rings. The highest BCUT2D eigenvalue weighted by Gasteiger charge is 2.17. The molecule has 4 rings (SSSR count). The molecule has 1 N–H and O–H groups in total. The minimum atomic E-state index is 0.131. The van der Waals surface area contributed by atoms with Gasteiger partial charge in [0.05, 0.1) is 24.9 Å². The monoisotopic (exact) mass is 363 g/mol. The number of fused-ring (bicyclic) bond motifs is 1. The van der Waals surface area contributed by atoms with Gasteiger partial charge in [-0.15, -0.1) is 5.10 Å². The molecule has 1 aliphatic heterocycles. The molecule has 6 heteroatoms. The zero-order chi connectivity index (χ0) is 18.8. The summed E-state index contributed by atoms with van der Waals surface area (Å²) in [4.78, 5) is 6.92. The van der Waals surface area contributed by atoms with Crippen molar-refractivity contribution in [3.8, 4) is 0 Å². The van der Waals surface area contributed by atoms with Crippen molar-refractivity contribution in [1.82, 2.24) is 15.2 Å². The van der Waals surface area contributed by atoms with E-state index in [1.54, 1.807) is 0 Å². The first kappa shape index (κ1) is 17.7. The van der Waals surface area contributed by atoms with Crippen LogP contribution in [0.2, 0.25) is 0 Å². The van der Waals surface area contributed by atoms with Crippen LogP contribution in [0.3, 0.4) is 0 Å². The maximum Gasteiger partial charge on any atom is 0.157 e. The van der Waals surface area contributed by atoms with E-state index in [1.807, 2.05) is 13.1 Å². The van der Waals surface area contributed by atoms with Gasteiger partial charge in [0.2, 0.25) is 0 Å². The topological polar surface area (TPSA) is 63.2 Å². The number of aryl methyl sites for hydroxylation is 2. The number of rotatable bonds is 4. The average Bonchev–Trinajstić information content (AvgIpc) is 2.71. The maximum atomic E-state index is 5.46. The van der Waals surface area contributed by atoms with Crippen LogP contribution in [0.25, 0.3) is 10.8 Å². The molecule has 6 nitrogen and oxygen atoms in total. The summed E-state index contributed by atoms with van der Waals surface area (Å²) in [5.74, 6) is 1.76. The van der Waals surface area contributed by atoms with E-state index in [1.165, 1.54) is 11.1 Å². The van der Waals surface area contributed by atoms with Gasteiger partial charge < -0.3 is 15.0 Å². The number of hydrogen-bond donors (Lipinski definition) is 1. The first-order valence-corrected chi connectivity index (χ1v) is 9.41. The van der Waals surface area contributed by atoms with Crippen molar-refractivity contribution < 1.29 is 4.74 Å². The summed E-state index contributed by atoms with van der Waals surface area (Å²) in [6, 6.07) is 10.7. The number of nitrogens with one attached hydrogen (secondary N) is 1. The normalized spacial score (nSPS) is 15.7. The van der Waals surface area contributed by atoms with E-state index in [4.69, 9.17) is 4.74 Å². The molecule has 0 saturated carbocycles. The largest absolute Gasteiger partial charge is 0.378 e. The summed E-state index contributed by atoms with van der Waals surface area (Å²) >= 11 is 0. The van der Waals surface area contributed by atoms with E-state index in [9.17, 15) is 0 Å². The minimum Gasteiger partial charge on any atom is -0.378 e. The predicted octanol–water partition coefficient (Wildman–Crippen LogP) is 3.65. The molecule has 3 aromatic rings. The molecule has 140 valence electrons. The summed E-state index contributed by atoms with van der Waals surface area (Å²) in [5, 5.41) is 14.4. The summed E-state index contributed by atoms with van der Waals surface area (Å²) < 4.78 is 5.46. The lowest BCUT2D eigenvalue weighted by Crippen LogP contribution is -2.36. The zero-order valence-corrected chi connectivity index (χ0v) is 16.1. The molecule has 0 bridgehead atoms. The van der Waals surface area contributed by atoms with Crippen molar-refractivity contribution in [3.63, 3.8) is 0 Å². The molecule has 1 saturated heterocycles. The van der Waals surface area contributed by atoms with E-state index >= 15 is 0 Å². The van der Waals surface area contributed by atoms with Crippen LogP contribution < -0.4 is 10.2 Å². The van der Waals surface area contributed by atoms with E-state index in [2.05, 4.69) is 69.6 Å². The lowest BCUT2D eigenvalue weighted by molar-refractivity contribution is 0.122. The molecule has 2 aromatic heterocycles. The van der Waals surface area contributed by atoms with Crippen molar-refractivity contribution in [2.24, 2.45) is 0 Å². The second-order valence-electron chi connectivity index (χ2n) is 7.04. The van der Waals surface area contributed by atoms with Gasteiger partial charge in [0.25, 0.3) is 0 Å². The highest BCUT2D eigenvalue weighted by molar-refractivity contribution is 5.94. The third-order valence-electron chi connectivity index (χ3n) is 5.18. The summed E-state index contributed by atoms with van der Waals surface area (Å²) in [6.45, 7) is 9.45. The van der Waals surface area contributed by atoms with Gasteiger partial charge in [-0.3, -0.25) is 0 Å². The molecule has 0 unspecified atom stereocenters. The first-order chi connectivity index (χ1) is 13.1. The SMILES string of the molecule is Cc1ccccc1[C@@H](C)Nc1nnc(C)c2cnc(N3CCOCC3)cc12. The van der Waals surface area contributed by atoms with Gasteiger partial charge in [-0.25, -0.2) is 4.98 Å². The zero-order valence-electron chi connectivity index (χ0n) is 16.1. The van der Waals surface area contributed by atoms with Gasteiger partial charge >= 0.3 is 0 Å². The van der Waals surface area contributed by atoms with Crippen LogP contribution in [0.5, 0.6) is 0 Å². The van der Waals surface area contributed by atoms with Crippen LogP contribution in [0, 0.1) is 13.8 Å². The van der Waals surface area contributed by atoms with Gasteiger partial charge in [-0.05, 0) is 38.0 Å². The lowest BCUT2D eigenvalue weighted by Gasteiger charge is -2.28. The Labute approximate surface area is 159 Å². The molecule has 3 heterocycles. The number of pyridine rings is 1. The van der Waals surface area contributed by atoms with E-state index in [-0.39, 0.29) is 6.04 Å². The number of ether oxygens (including phenoxy) is 1. The lowest BCUT2D eigenvalue weighted by atomic mass is 10.0. The molecular formula is C21H25N5O. The van der Waals surface area contributed by atoms with Crippen LogP contribution >= 0.6 is 0 Å². The number of morpholine rings is 1. The van der Waals surface area contributed by atoms with Crippen LogP contribution in [0.1, 0.15) is 29.8 Å². The third kappa shape index (κ3) is 3.57. The van der Waals surface area contributed by atoms with Crippen molar-refractivity contribution >= 4 is 22.4 Å². The molecule has 0 aliphatic carbocycles. The van der Waals surface area contributed by atoms with E-state index in [0.29, 0.717) is 0 Å². The second-order valence-corrected chi connectivity index (χ2v) is 7.04. The van der Waals surface area contributed by atoms with Crippen LogP contribution in [-0.4, -0.2) is 41.5 Å². The molecule has 0 spiro atoms. The quantitative estimate of drug-likeness (QED) is 0.763. The smallest absolute Gasteiger partial charge is 0.157 e. The Bertz CT molecular complexity index is 952. The van der Waals surface area contributed by atoms with Crippen LogP contribution in [0.4, 0.5) is 11.6 Å². The first-order valence-electron chi connectivity index (χ1n) is 9.41. The molecular weight excluding hydrogens is 338 g/mol. The Balaban J connectivity index is 1.71. The standard InChI is InChI=1S/C21H25N5O/c1-14-6-4-5-7-17(14)15(2)23-21-18-12-20(26-8-10-27-11-9-26)22-13-19(18)16(3)24-25-21/h4-7,12-13,15H,8-11H2,1-3H3,(H,23,25)/t15-/m1/s1. The fraction of sp³-hybridized carbons (Fsp3) is 0.381. The van der Waals surface area contributed by atoms with E-state index < -0.39 is 0 Å². The number of benzene rings is 1. The van der Waals surface area contributed by atoms with Crippen LogP contribution in [-0.2, 0) is 4.74 Å². The Morgan fingerprint density at radius 1 is 1.07 bits per heavy atom. The van der Waals surface area contributed by atoms with Crippen LogP contribution in [0.15, 0.2) is 36.5 Å². The van der Waals surface area contributed by atoms with Gasteiger partial charge in [-0.1, -0.05) is 24.3 Å². The fourth-order valence-corrected chi connectivity index (χ4v) is 3.59. The fourth-order valence-electron chi connectivity index (χ4n) is 3.59. The van der Waals surface area contributed by atoms with Gasteiger partial charge in [0, 0.05) is 30.1 Å². The van der Waals surface area contributed by atoms with E-state index in [0.717, 1.165) is 54.4 Å². The summed E-state index contributed by atoms with van der Waals surface area (Å²) in [6.07, 6.45) is 1.91. The highest BCUT2D eigenvalue weighted by Crippen LogP contribution is 2.29. The molecule has 1 atom stereocenters. The highest BCUT2D eigenvalue weighted by atomic mass is 16.5. The average molecular weight is 363 g/mol. The molecule has 0 radical (unpaired) electrons. The van der Waals surface area contributed by atoms with Gasteiger partial charge in [-0.2, -0.15) is 5.10 Å². The van der Waals surface area contributed by atoms with Crippen molar-refractivity contribution in [1.29, 1.82) is 0 Å².